The fourth-order valence-corrected chi connectivity index (χ4v) is 2.61. The van der Waals surface area contributed by atoms with Crippen molar-refractivity contribution in [2.75, 3.05) is 0 Å². The molecule has 1 rings (SSSR count). The van der Waals surface area contributed by atoms with Crippen molar-refractivity contribution in [1.29, 1.82) is 0 Å². The summed E-state index contributed by atoms with van der Waals surface area (Å²) in [5.74, 6) is 0.285. The van der Waals surface area contributed by atoms with Crippen LogP contribution in [0.1, 0.15) is 84.0 Å². The van der Waals surface area contributed by atoms with Gasteiger partial charge < -0.3 is 5.32 Å². The van der Waals surface area contributed by atoms with E-state index in [0.29, 0.717) is 6.04 Å². The summed E-state index contributed by atoms with van der Waals surface area (Å²) in [5, 5.41) is 3.18. The Labute approximate surface area is 107 Å². The monoisotopic (exact) mass is 239 g/mol. The molecule has 0 spiro atoms. The molecule has 0 aliphatic heterocycles. The predicted octanol–water partition coefficient (Wildman–Crippen LogP) is 4.19. The lowest BCUT2D eigenvalue weighted by Crippen LogP contribution is -2.35. The Morgan fingerprint density at radius 2 is 1.65 bits per heavy atom. The van der Waals surface area contributed by atoms with E-state index in [2.05, 4.69) is 12.2 Å². The van der Waals surface area contributed by atoms with Crippen molar-refractivity contribution in [2.24, 2.45) is 0 Å². The van der Waals surface area contributed by atoms with Gasteiger partial charge in [0.25, 0.3) is 0 Å². The van der Waals surface area contributed by atoms with Gasteiger partial charge in [-0.3, -0.25) is 4.79 Å². The molecule has 0 aromatic heterocycles. The first-order valence-corrected chi connectivity index (χ1v) is 7.62. The molecule has 1 amide bonds. The molecular weight excluding hydrogens is 210 g/mol. The average molecular weight is 239 g/mol. The SMILES string of the molecule is CCCCCCCCC(=O)NC1CCCCC1. The Morgan fingerprint density at radius 1 is 1.00 bits per heavy atom. The van der Waals surface area contributed by atoms with Gasteiger partial charge in [0.1, 0.15) is 0 Å². The molecule has 2 nitrogen and oxygen atoms in total. The molecule has 0 aromatic carbocycles. The summed E-state index contributed by atoms with van der Waals surface area (Å²) >= 11 is 0. The van der Waals surface area contributed by atoms with E-state index >= 15 is 0 Å². The maximum atomic E-state index is 11.7. The lowest BCUT2D eigenvalue weighted by atomic mass is 9.95. The zero-order chi connectivity index (χ0) is 12.3. The van der Waals surface area contributed by atoms with Crippen molar-refractivity contribution >= 4 is 5.91 Å². The Morgan fingerprint density at radius 3 is 2.35 bits per heavy atom. The van der Waals surface area contributed by atoms with Crippen LogP contribution in [0, 0.1) is 0 Å². The summed E-state index contributed by atoms with van der Waals surface area (Å²) in [6.07, 6.45) is 14.6. The van der Waals surface area contributed by atoms with Crippen LogP contribution < -0.4 is 5.32 Å². The second-order valence-electron chi connectivity index (χ2n) is 5.42. The zero-order valence-electron chi connectivity index (χ0n) is 11.5. The first kappa shape index (κ1) is 14.5. The first-order valence-electron chi connectivity index (χ1n) is 7.62. The minimum atomic E-state index is 0.285. The summed E-state index contributed by atoms with van der Waals surface area (Å²) < 4.78 is 0. The molecule has 0 atom stereocenters. The van der Waals surface area contributed by atoms with E-state index in [1.54, 1.807) is 0 Å². The number of carbonyl (C=O) groups excluding carboxylic acids is 1. The normalized spacial score (nSPS) is 17.0. The number of nitrogens with one attached hydrogen (secondary N) is 1. The molecule has 1 fully saturated rings. The van der Waals surface area contributed by atoms with Gasteiger partial charge in [0.05, 0.1) is 0 Å². The molecule has 1 aliphatic rings. The maximum Gasteiger partial charge on any atom is 0.220 e. The highest BCUT2D eigenvalue weighted by molar-refractivity contribution is 5.76. The van der Waals surface area contributed by atoms with Gasteiger partial charge in [0, 0.05) is 12.5 Å². The van der Waals surface area contributed by atoms with Gasteiger partial charge >= 0.3 is 0 Å². The fourth-order valence-electron chi connectivity index (χ4n) is 2.61. The van der Waals surface area contributed by atoms with Crippen molar-refractivity contribution in [1.82, 2.24) is 5.32 Å². The second kappa shape index (κ2) is 9.49. The smallest absolute Gasteiger partial charge is 0.220 e. The van der Waals surface area contributed by atoms with E-state index in [-0.39, 0.29) is 5.91 Å². The molecule has 1 saturated carbocycles. The molecule has 0 saturated heterocycles. The van der Waals surface area contributed by atoms with Crippen molar-refractivity contribution in [3.8, 4) is 0 Å². The summed E-state index contributed by atoms with van der Waals surface area (Å²) in [5.41, 5.74) is 0. The van der Waals surface area contributed by atoms with E-state index in [0.717, 1.165) is 12.8 Å². The predicted molar refractivity (Wildman–Crippen MR) is 73.0 cm³/mol. The Hall–Kier alpha value is -0.530. The van der Waals surface area contributed by atoms with Crippen molar-refractivity contribution < 1.29 is 4.79 Å². The lowest BCUT2D eigenvalue weighted by molar-refractivity contribution is -0.122. The van der Waals surface area contributed by atoms with Crippen LogP contribution in [0.2, 0.25) is 0 Å². The summed E-state index contributed by atoms with van der Waals surface area (Å²) in [7, 11) is 0. The van der Waals surface area contributed by atoms with Crippen molar-refractivity contribution in [3.63, 3.8) is 0 Å². The second-order valence-corrected chi connectivity index (χ2v) is 5.42. The average Bonchev–Trinajstić information content (AvgIpc) is 2.35. The number of amides is 1. The molecule has 1 N–H and O–H groups in total. The highest BCUT2D eigenvalue weighted by Gasteiger charge is 2.14. The standard InChI is InChI=1S/C15H29NO/c1-2-3-4-5-6-10-13-15(17)16-14-11-8-7-9-12-14/h14H,2-13H2,1H3,(H,16,17). The number of hydrogen-bond donors (Lipinski definition) is 1. The van der Waals surface area contributed by atoms with Gasteiger partial charge in [-0.15, -0.1) is 0 Å². The van der Waals surface area contributed by atoms with Crippen LogP contribution in [0.25, 0.3) is 0 Å². The third kappa shape index (κ3) is 7.40. The van der Waals surface area contributed by atoms with Crippen molar-refractivity contribution in [2.45, 2.75) is 90.0 Å². The van der Waals surface area contributed by atoms with Gasteiger partial charge in [-0.2, -0.15) is 0 Å². The first-order chi connectivity index (χ1) is 8.33. The molecular formula is C15H29NO. The van der Waals surface area contributed by atoms with Crippen LogP contribution in [0.3, 0.4) is 0 Å². The summed E-state index contributed by atoms with van der Waals surface area (Å²) in [6, 6.07) is 0.483. The largest absolute Gasteiger partial charge is 0.353 e. The molecule has 100 valence electrons. The van der Waals surface area contributed by atoms with Gasteiger partial charge in [0.15, 0.2) is 0 Å². The number of unbranched alkanes of at least 4 members (excludes halogenated alkanes) is 5. The van der Waals surface area contributed by atoms with Crippen LogP contribution in [0.15, 0.2) is 0 Å². The Balaban J connectivity index is 1.93. The molecule has 0 bridgehead atoms. The van der Waals surface area contributed by atoms with E-state index in [9.17, 15) is 4.79 Å². The molecule has 2 heteroatoms. The fraction of sp³-hybridized carbons (Fsp3) is 0.933. The summed E-state index contributed by atoms with van der Waals surface area (Å²) in [6.45, 7) is 2.23. The highest BCUT2D eigenvalue weighted by Crippen LogP contribution is 2.17. The van der Waals surface area contributed by atoms with Crippen molar-refractivity contribution in [3.05, 3.63) is 0 Å². The van der Waals surface area contributed by atoms with Gasteiger partial charge in [-0.1, -0.05) is 58.3 Å². The minimum Gasteiger partial charge on any atom is -0.353 e. The topological polar surface area (TPSA) is 29.1 Å². The Bertz CT molecular complexity index is 197. The van der Waals surface area contributed by atoms with Gasteiger partial charge in [-0.05, 0) is 19.3 Å². The number of rotatable bonds is 8. The van der Waals surface area contributed by atoms with Crippen LogP contribution in [0.5, 0.6) is 0 Å². The molecule has 0 heterocycles. The zero-order valence-corrected chi connectivity index (χ0v) is 11.5. The quantitative estimate of drug-likeness (QED) is 0.632. The molecule has 17 heavy (non-hydrogen) atoms. The van der Waals surface area contributed by atoms with Gasteiger partial charge in [0.2, 0.25) is 5.91 Å². The third-order valence-electron chi connectivity index (χ3n) is 3.73. The molecule has 0 radical (unpaired) electrons. The van der Waals surface area contributed by atoms with E-state index in [1.165, 1.54) is 64.2 Å². The Kier molecular flexibility index (Phi) is 8.12. The minimum absolute atomic E-state index is 0.285. The van der Waals surface area contributed by atoms with E-state index in [1.807, 2.05) is 0 Å². The molecule has 0 aromatic rings. The lowest BCUT2D eigenvalue weighted by Gasteiger charge is -2.22. The maximum absolute atomic E-state index is 11.7. The van der Waals surface area contributed by atoms with Crippen LogP contribution in [0.4, 0.5) is 0 Å². The van der Waals surface area contributed by atoms with Crippen LogP contribution in [-0.2, 0) is 4.79 Å². The molecule has 1 aliphatic carbocycles. The number of carbonyl (C=O) groups is 1. The van der Waals surface area contributed by atoms with E-state index < -0.39 is 0 Å². The highest BCUT2D eigenvalue weighted by atomic mass is 16.1. The molecule has 0 unspecified atom stereocenters. The summed E-state index contributed by atoms with van der Waals surface area (Å²) in [4.78, 5) is 11.7. The van der Waals surface area contributed by atoms with Crippen LogP contribution in [-0.4, -0.2) is 11.9 Å². The van der Waals surface area contributed by atoms with Crippen LogP contribution >= 0.6 is 0 Å². The third-order valence-corrected chi connectivity index (χ3v) is 3.73. The van der Waals surface area contributed by atoms with Gasteiger partial charge in [-0.25, -0.2) is 0 Å². The van der Waals surface area contributed by atoms with E-state index in [4.69, 9.17) is 0 Å². The number of hydrogen-bond acceptors (Lipinski definition) is 1.